The Hall–Kier alpha value is -3.28. The van der Waals surface area contributed by atoms with E-state index in [0.29, 0.717) is 11.3 Å². The molecule has 0 bridgehead atoms. The highest BCUT2D eigenvalue weighted by atomic mass is 14.9. The van der Waals surface area contributed by atoms with Crippen LogP contribution in [0.15, 0.2) is 29.5 Å². The van der Waals surface area contributed by atoms with Gasteiger partial charge in [-0.05, 0) is 30.7 Å². The Balaban J connectivity index is 3.22. The minimum Gasteiger partial charge on any atom is -0.345 e. The van der Waals surface area contributed by atoms with E-state index in [0.717, 1.165) is 5.56 Å². The number of hydrogen-bond acceptors (Lipinski definition) is 5. The van der Waals surface area contributed by atoms with Gasteiger partial charge in [0.25, 0.3) is 0 Å². The van der Waals surface area contributed by atoms with Gasteiger partial charge in [0.15, 0.2) is 5.57 Å². The fourth-order valence-electron chi connectivity index (χ4n) is 1.35. The highest BCUT2D eigenvalue weighted by Crippen LogP contribution is 2.16. The number of nitrogens with one attached hydrogen (secondary N) is 1. The van der Waals surface area contributed by atoms with E-state index in [4.69, 9.17) is 21.0 Å². The first-order valence-corrected chi connectivity index (χ1v) is 4.88. The molecule has 0 heterocycles. The van der Waals surface area contributed by atoms with Crippen LogP contribution < -0.4 is 5.32 Å². The standard InChI is InChI=1S/C13H7N5/c1-9-2-10(5-14)4-12(3-9)18-13(8-17)11(6-15)7-16/h2-4,18H,1H3. The van der Waals surface area contributed by atoms with E-state index in [1.165, 1.54) is 6.07 Å². The Morgan fingerprint density at radius 2 is 1.67 bits per heavy atom. The molecule has 1 aromatic carbocycles. The van der Waals surface area contributed by atoms with E-state index < -0.39 is 0 Å². The Morgan fingerprint density at radius 3 is 2.17 bits per heavy atom. The van der Waals surface area contributed by atoms with Crippen molar-refractivity contribution in [3.8, 4) is 24.3 Å². The van der Waals surface area contributed by atoms with Crippen molar-refractivity contribution in [3.63, 3.8) is 0 Å². The normalized spacial score (nSPS) is 8.06. The van der Waals surface area contributed by atoms with Crippen molar-refractivity contribution in [1.29, 1.82) is 21.0 Å². The maximum atomic E-state index is 8.88. The molecule has 0 aliphatic carbocycles. The van der Waals surface area contributed by atoms with Crippen molar-refractivity contribution in [2.24, 2.45) is 0 Å². The van der Waals surface area contributed by atoms with Crippen molar-refractivity contribution in [3.05, 3.63) is 40.6 Å². The molecular weight excluding hydrogens is 226 g/mol. The van der Waals surface area contributed by atoms with Crippen LogP contribution in [-0.4, -0.2) is 0 Å². The van der Waals surface area contributed by atoms with Gasteiger partial charge in [0.2, 0.25) is 0 Å². The van der Waals surface area contributed by atoms with Gasteiger partial charge in [0, 0.05) is 5.69 Å². The van der Waals surface area contributed by atoms with Gasteiger partial charge < -0.3 is 5.32 Å². The van der Waals surface area contributed by atoms with Crippen LogP contribution in [0.3, 0.4) is 0 Å². The third kappa shape index (κ3) is 2.86. The molecule has 0 saturated carbocycles. The molecule has 5 nitrogen and oxygen atoms in total. The van der Waals surface area contributed by atoms with E-state index in [1.54, 1.807) is 37.3 Å². The number of rotatable bonds is 2. The maximum absolute atomic E-state index is 8.88. The lowest BCUT2D eigenvalue weighted by Gasteiger charge is -2.06. The molecule has 0 atom stereocenters. The van der Waals surface area contributed by atoms with Gasteiger partial charge in [-0.2, -0.15) is 21.0 Å². The molecule has 0 spiro atoms. The SMILES string of the molecule is Cc1cc(C#N)cc(NC(C#N)=C(C#N)C#N)c1. The summed E-state index contributed by atoms with van der Waals surface area (Å²) < 4.78 is 0. The topological polar surface area (TPSA) is 107 Å². The van der Waals surface area contributed by atoms with Crippen LogP contribution in [0.1, 0.15) is 11.1 Å². The molecule has 18 heavy (non-hydrogen) atoms. The largest absolute Gasteiger partial charge is 0.345 e. The van der Waals surface area contributed by atoms with E-state index in [-0.39, 0.29) is 11.3 Å². The molecule has 0 aliphatic rings. The van der Waals surface area contributed by atoms with Gasteiger partial charge in [-0.25, -0.2) is 0 Å². The number of nitriles is 4. The number of hydrogen-bond donors (Lipinski definition) is 1. The second-order valence-corrected chi connectivity index (χ2v) is 3.41. The molecule has 5 heteroatoms. The van der Waals surface area contributed by atoms with Gasteiger partial charge in [-0.3, -0.25) is 0 Å². The Labute approximate surface area is 104 Å². The first kappa shape index (κ1) is 12.8. The minimum atomic E-state index is -0.294. The summed E-state index contributed by atoms with van der Waals surface area (Å²) in [5, 5.41) is 37.7. The smallest absolute Gasteiger partial charge is 0.163 e. The molecule has 0 unspecified atom stereocenters. The third-order valence-corrected chi connectivity index (χ3v) is 2.06. The lowest BCUT2D eigenvalue weighted by molar-refractivity contribution is 1.35. The number of nitrogens with zero attached hydrogens (tertiary/aromatic N) is 4. The van der Waals surface area contributed by atoms with Crippen LogP contribution >= 0.6 is 0 Å². The van der Waals surface area contributed by atoms with E-state index in [9.17, 15) is 0 Å². The van der Waals surface area contributed by atoms with Crippen molar-refractivity contribution in [1.82, 2.24) is 0 Å². The second kappa shape index (κ2) is 5.71. The summed E-state index contributed by atoms with van der Waals surface area (Å²) in [6.45, 7) is 1.80. The summed E-state index contributed by atoms with van der Waals surface area (Å²) >= 11 is 0. The molecule has 1 rings (SSSR count). The molecule has 0 radical (unpaired) electrons. The Bertz CT molecular complexity index is 655. The summed E-state index contributed by atoms with van der Waals surface area (Å²) in [5.41, 5.74) is 1.34. The third-order valence-electron chi connectivity index (χ3n) is 2.06. The predicted molar refractivity (Wildman–Crippen MR) is 63.4 cm³/mol. The van der Waals surface area contributed by atoms with Crippen molar-refractivity contribution < 1.29 is 0 Å². The summed E-state index contributed by atoms with van der Waals surface area (Å²) in [4.78, 5) is 0. The van der Waals surface area contributed by atoms with Gasteiger partial charge in [0.05, 0.1) is 11.6 Å². The molecule has 0 amide bonds. The molecule has 0 aliphatic heterocycles. The molecule has 84 valence electrons. The zero-order valence-electron chi connectivity index (χ0n) is 9.52. The van der Waals surface area contributed by atoms with Crippen LogP contribution in [0.25, 0.3) is 0 Å². The van der Waals surface area contributed by atoms with E-state index in [1.807, 2.05) is 6.07 Å². The molecule has 1 aromatic rings. The summed E-state index contributed by atoms with van der Waals surface area (Å²) in [7, 11) is 0. The first-order chi connectivity index (χ1) is 8.64. The first-order valence-electron chi connectivity index (χ1n) is 4.88. The minimum absolute atomic E-state index is 0.130. The van der Waals surface area contributed by atoms with Crippen LogP contribution in [0, 0.1) is 52.2 Å². The predicted octanol–water partition coefficient (Wildman–Crippen LogP) is 2.10. The number of anilines is 1. The molecule has 0 aromatic heterocycles. The van der Waals surface area contributed by atoms with Gasteiger partial charge in [0.1, 0.15) is 23.9 Å². The maximum Gasteiger partial charge on any atom is 0.163 e. The Kier molecular flexibility index (Phi) is 4.06. The van der Waals surface area contributed by atoms with E-state index >= 15 is 0 Å². The van der Waals surface area contributed by atoms with Crippen LogP contribution in [0.2, 0.25) is 0 Å². The fraction of sp³-hybridized carbons (Fsp3) is 0.0769. The highest BCUT2D eigenvalue weighted by molar-refractivity contribution is 5.60. The van der Waals surface area contributed by atoms with Crippen LogP contribution in [-0.2, 0) is 0 Å². The lowest BCUT2D eigenvalue weighted by Crippen LogP contribution is -2.01. The van der Waals surface area contributed by atoms with Crippen molar-refractivity contribution in [2.45, 2.75) is 6.92 Å². The molecule has 0 saturated heterocycles. The van der Waals surface area contributed by atoms with Gasteiger partial charge >= 0.3 is 0 Å². The highest BCUT2D eigenvalue weighted by Gasteiger charge is 2.07. The average Bonchev–Trinajstić information content (AvgIpc) is 2.38. The van der Waals surface area contributed by atoms with Gasteiger partial charge in [-0.1, -0.05) is 0 Å². The summed E-state index contributed by atoms with van der Waals surface area (Å²) in [5.74, 6) is 0. The van der Waals surface area contributed by atoms with Crippen LogP contribution in [0.4, 0.5) is 5.69 Å². The van der Waals surface area contributed by atoms with Crippen molar-refractivity contribution >= 4 is 5.69 Å². The number of aryl methyl sites for hydroxylation is 1. The summed E-state index contributed by atoms with van der Waals surface area (Å²) in [6, 6.07) is 11.9. The lowest BCUT2D eigenvalue weighted by atomic mass is 10.1. The Morgan fingerprint density at radius 1 is 1.00 bits per heavy atom. The fourth-order valence-corrected chi connectivity index (χ4v) is 1.35. The average molecular weight is 233 g/mol. The molecular formula is C13H7N5. The van der Waals surface area contributed by atoms with E-state index in [2.05, 4.69) is 5.32 Å². The zero-order valence-corrected chi connectivity index (χ0v) is 9.52. The monoisotopic (exact) mass is 233 g/mol. The zero-order chi connectivity index (χ0) is 13.5. The van der Waals surface area contributed by atoms with Gasteiger partial charge in [-0.15, -0.1) is 0 Å². The van der Waals surface area contributed by atoms with Crippen molar-refractivity contribution in [2.75, 3.05) is 5.32 Å². The molecule has 0 fully saturated rings. The second-order valence-electron chi connectivity index (χ2n) is 3.41. The quantitative estimate of drug-likeness (QED) is 0.787. The summed E-state index contributed by atoms with van der Waals surface area (Å²) in [6.07, 6.45) is 0. The van der Waals surface area contributed by atoms with Crippen LogP contribution in [0.5, 0.6) is 0 Å². The molecule has 1 N–H and O–H groups in total. The number of allylic oxidation sites excluding steroid dienone is 2. The number of benzene rings is 1.